The number of likely N-dealkylation sites (N-methyl/N-ethyl adjacent to an activating group) is 2. The Morgan fingerprint density at radius 2 is 1.12 bits per heavy atom. The number of aliphatic hydroxyl groups is 1. The zero-order chi connectivity index (χ0) is 44.8. The molecule has 0 aromatic heterocycles. The van der Waals surface area contributed by atoms with Crippen molar-refractivity contribution in [2.24, 2.45) is 70.0 Å². The molecule has 0 amide bonds. The van der Waals surface area contributed by atoms with Crippen molar-refractivity contribution < 1.29 is 19.4 Å². The van der Waals surface area contributed by atoms with Crippen LogP contribution in [-0.4, -0.2) is 89.5 Å². The monoisotopic (exact) mass is 877 g/mol. The second-order valence-electron chi connectivity index (χ2n) is 26.1. The minimum absolute atomic E-state index is 0.0471. The largest absolute Gasteiger partial charge is 0.389 e. The van der Waals surface area contributed by atoms with E-state index in [1.807, 2.05) is 11.6 Å². The van der Waals surface area contributed by atoms with E-state index in [9.17, 15) is 9.90 Å². The molecule has 4 saturated heterocycles. The molecule has 4 heterocycles. The van der Waals surface area contributed by atoms with Crippen molar-refractivity contribution in [3.8, 4) is 0 Å². The number of ether oxygens (including phenoxy) is 2. The number of carbonyl (C=O) groups excluding carboxylic acids is 1. The third-order valence-electron chi connectivity index (χ3n) is 22.7. The van der Waals surface area contributed by atoms with Crippen LogP contribution in [0.4, 0.5) is 0 Å². The van der Waals surface area contributed by atoms with Crippen molar-refractivity contribution in [2.45, 2.75) is 213 Å². The van der Waals surface area contributed by atoms with Crippen molar-refractivity contribution >= 4 is 5.78 Å². The first kappa shape index (κ1) is 44.9. The SMILES string of the molecule is CC1=C2C[C@H]3[C@@H](CCC4=CC(=O)CC[C@@]43C)[C@@H]2CC[C@@]2(C1)O[C@@H]1C[C@H](C)CN(C)[C@H]1[C@H]2C.CC1=C2C[C@H]3[C@@H](CCC4=C[C@@H](O)CC[C@@]43C)[C@@H]2CC[C@@]2(C1)O[C@@H]1C[C@H](C)CN(C)[C@H]1[C@H]2C. The van der Waals surface area contributed by atoms with E-state index in [4.69, 9.17) is 9.47 Å². The molecule has 12 rings (SSSR count). The summed E-state index contributed by atoms with van der Waals surface area (Å²) in [4.78, 5) is 17.4. The molecule has 8 aliphatic carbocycles. The number of rotatable bonds is 0. The number of carbonyl (C=O) groups is 1. The summed E-state index contributed by atoms with van der Waals surface area (Å²) in [5.74, 6) is 7.80. The van der Waals surface area contributed by atoms with Crippen molar-refractivity contribution in [3.05, 3.63) is 45.6 Å². The highest BCUT2D eigenvalue weighted by Gasteiger charge is 2.61. The van der Waals surface area contributed by atoms with Gasteiger partial charge in [0, 0.05) is 43.4 Å². The smallest absolute Gasteiger partial charge is 0.155 e. The number of ketones is 1. The van der Waals surface area contributed by atoms with Gasteiger partial charge in [0.2, 0.25) is 0 Å². The van der Waals surface area contributed by atoms with Gasteiger partial charge in [0.05, 0.1) is 29.5 Å². The summed E-state index contributed by atoms with van der Waals surface area (Å²) < 4.78 is 14.2. The zero-order valence-electron chi connectivity index (χ0n) is 42.0. The van der Waals surface area contributed by atoms with E-state index in [2.05, 4.69) is 85.4 Å². The first-order valence-electron chi connectivity index (χ1n) is 27.2. The van der Waals surface area contributed by atoms with Gasteiger partial charge in [0.25, 0.3) is 0 Å². The van der Waals surface area contributed by atoms with E-state index in [-0.39, 0.29) is 22.7 Å². The van der Waals surface area contributed by atoms with Gasteiger partial charge >= 0.3 is 0 Å². The Kier molecular flexibility index (Phi) is 11.2. The number of likely N-dealkylation sites (tertiary alicyclic amines) is 2. The molecule has 0 unspecified atom stereocenters. The van der Waals surface area contributed by atoms with Crippen LogP contribution in [0.15, 0.2) is 45.6 Å². The van der Waals surface area contributed by atoms with Gasteiger partial charge in [-0.3, -0.25) is 4.79 Å². The Morgan fingerprint density at radius 1 is 0.641 bits per heavy atom. The number of hydrogen-bond donors (Lipinski definition) is 1. The van der Waals surface area contributed by atoms with Gasteiger partial charge in [-0.05, 0) is 201 Å². The fourth-order valence-corrected chi connectivity index (χ4v) is 19.6. The third kappa shape index (κ3) is 6.86. The van der Waals surface area contributed by atoms with E-state index in [0.29, 0.717) is 47.3 Å². The van der Waals surface area contributed by atoms with E-state index in [0.717, 1.165) is 85.9 Å². The average molecular weight is 877 g/mol. The number of fused-ring (bicyclic) bond motifs is 12. The molecule has 6 nitrogen and oxygen atoms in total. The molecule has 64 heavy (non-hydrogen) atoms. The molecule has 0 aromatic rings. The lowest BCUT2D eigenvalue weighted by Gasteiger charge is -2.49. The van der Waals surface area contributed by atoms with Gasteiger partial charge in [-0.2, -0.15) is 0 Å². The van der Waals surface area contributed by atoms with Crippen LogP contribution in [-0.2, 0) is 14.3 Å². The molecule has 12 aliphatic rings. The van der Waals surface area contributed by atoms with Crippen LogP contribution < -0.4 is 0 Å². The molecular formula is C58H88N2O4. The van der Waals surface area contributed by atoms with Gasteiger partial charge in [0.15, 0.2) is 5.78 Å². The minimum Gasteiger partial charge on any atom is -0.389 e. The van der Waals surface area contributed by atoms with E-state index in [1.54, 1.807) is 22.3 Å². The number of aliphatic hydroxyl groups excluding tert-OH is 1. The quantitative estimate of drug-likeness (QED) is 0.245. The van der Waals surface area contributed by atoms with Crippen LogP contribution in [0.3, 0.4) is 0 Å². The average Bonchev–Trinajstić information content (AvgIpc) is 3.91. The first-order chi connectivity index (χ1) is 30.4. The van der Waals surface area contributed by atoms with Crippen LogP contribution in [0, 0.1) is 70.0 Å². The number of piperidine rings is 2. The van der Waals surface area contributed by atoms with Crippen LogP contribution in [0.2, 0.25) is 0 Å². The van der Waals surface area contributed by atoms with E-state index < -0.39 is 0 Å². The van der Waals surface area contributed by atoms with Gasteiger partial charge in [-0.15, -0.1) is 0 Å². The summed E-state index contributed by atoms with van der Waals surface area (Å²) in [6, 6.07) is 1.19. The van der Waals surface area contributed by atoms with E-state index >= 15 is 0 Å². The lowest BCUT2D eigenvalue weighted by molar-refractivity contribution is -0.116. The third-order valence-corrected chi connectivity index (χ3v) is 22.7. The summed E-state index contributed by atoms with van der Waals surface area (Å²) in [6.45, 7) is 22.2. The van der Waals surface area contributed by atoms with Crippen LogP contribution in [0.25, 0.3) is 0 Å². The molecule has 6 heteroatoms. The standard InChI is InChI=1S/C29H45NO2.C29H43NO2/c2*1-17-12-26-27(30(5)16-17)19(3)29(32-26)11-9-22-23-7-6-20-13-21(31)8-10-28(20,4)25(23)14-24(22)18(2)15-29/h13,17,19,21-23,25-27,31H,6-12,14-16H2,1-5H3;13,17,19,22-23,25-27H,6-12,14-16H2,1-5H3/t17-,19+,21-,22-,23-,25-,26+,27-,28-,29-;17-,19+,22-,23-,25-,26+,27-,28-,29-/m00/s1. The van der Waals surface area contributed by atoms with Gasteiger partial charge < -0.3 is 24.4 Å². The summed E-state index contributed by atoms with van der Waals surface area (Å²) >= 11 is 0. The maximum absolute atomic E-state index is 12.1. The summed E-state index contributed by atoms with van der Waals surface area (Å²) in [5, 5.41) is 10.3. The molecule has 8 fully saturated rings. The maximum atomic E-state index is 12.1. The molecular weight excluding hydrogens is 789 g/mol. The highest BCUT2D eigenvalue weighted by molar-refractivity contribution is 5.91. The molecule has 354 valence electrons. The van der Waals surface area contributed by atoms with Gasteiger partial charge in [0.1, 0.15) is 0 Å². The topological polar surface area (TPSA) is 62.2 Å². The van der Waals surface area contributed by atoms with Crippen molar-refractivity contribution in [2.75, 3.05) is 27.2 Å². The van der Waals surface area contributed by atoms with E-state index in [1.165, 1.54) is 95.7 Å². The summed E-state index contributed by atoms with van der Waals surface area (Å²) in [6.07, 6.45) is 26.3. The fraction of sp³-hybridized carbons (Fsp3) is 0.845. The zero-order valence-corrected chi connectivity index (χ0v) is 42.0. The minimum atomic E-state index is -0.201. The lowest BCUT2D eigenvalue weighted by Crippen LogP contribution is -2.49. The fourth-order valence-electron chi connectivity index (χ4n) is 19.6. The van der Waals surface area contributed by atoms with Crippen LogP contribution in [0.1, 0.15) is 171 Å². The van der Waals surface area contributed by atoms with Crippen molar-refractivity contribution in [1.29, 1.82) is 0 Å². The molecule has 2 spiro atoms. The molecule has 1 N–H and O–H groups in total. The molecule has 0 bridgehead atoms. The molecule has 4 saturated carbocycles. The Hall–Kier alpha value is -1.57. The number of allylic oxidation sites excluding steroid dienone is 5. The van der Waals surface area contributed by atoms with Crippen LogP contribution in [0.5, 0.6) is 0 Å². The normalized spacial score (nSPS) is 52.2. The molecule has 19 atom stereocenters. The maximum Gasteiger partial charge on any atom is 0.155 e. The van der Waals surface area contributed by atoms with Crippen molar-refractivity contribution in [1.82, 2.24) is 9.80 Å². The summed E-state index contributed by atoms with van der Waals surface area (Å²) in [7, 11) is 4.67. The predicted octanol–water partition coefficient (Wildman–Crippen LogP) is 11.7. The second-order valence-corrected chi connectivity index (χ2v) is 26.1. The van der Waals surface area contributed by atoms with Gasteiger partial charge in [-0.1, -0.05) is 81.1 Å². The Bertz CT molecular complexity index is 2020. The molecule has 0 radical (unpaired) electrons. The predicted molar refractivity (Wildman–Crippen MR) is 258 cm³/mol. The first-order valence-corrected chi connectivity index (χ1v) is 27.2. The second kappa shape index (κ2) is 16.0. The Labute approximate surface area is 388 Å². The Balaban J connectivity index is 0.000000143. The highest BCUT2D eigenvalue weighted by atomic mass is 16.5. The van der Waals surface area contributed by atoms with Crippen molar-refractivity contribution in [3.63, 3.8) is 0 Å². The highest BCUT2D eigenvalue weighted by Crippen LogP contribution is 2.66. The number of hydrogen-bond acceptors (Lipinski definition) is 6. The Morgan fingerprint density at radius 3 is 1.64 bits per heavy atom. The van der Waals surface area contributed by atoms with Crippen LogP contribution >= 0.6 is 0 Å². The lowest BCUT2D eigenvalue weighted by atomic mass is 9.56. The molecule has 0 aromatic carbocycles. The number of nitrogens with zero attached hydrogens (tertiary/aromatic N) is 2. The van der Waals surface area contributed by atoms with Gasteiger partial charge in [-0.25, -0.2) is 0 Å². The molecule has 4 aliphatic heterocycles. The summed E-state index contributed by atoms with van der Waals surface area (Å²) in [5.41, 5.74) is 10.7.